The van der Waals surface area contributed by atoms with E-state index in [1.807, 2.05) is 70.3 Å². The molecule has 0 saturated heterocycles. The summed E-state index contributed by atoms with van der Waals surface area (Å²) in [5, 5.41) is 1.09. The van der Waals surface area contributed by atoms with Crippen LogP contribution >= 0.6 is 11.3 Å². The van der Waals surface area contributed by atoms with Crippen molar-refractivity contribution >= 4 is 34.2 Å². The second-order valence-corrected chi connectivity index (χ2v) is 10.4. The smallest absolute Gasteiger partial charge is 0.271 e. The fraction of sp³-hybridized carbons (Fsp3) is 0.300. The summed E-state index contributed by atoms with van der Waals surface area (Å²) in [4.78, 5) is 35.1. The number of allylic oxidation sites excluding steroid dienone is 1. The summed E-state index contributed by atoms with van der Waals surface area (Å²) in [6, 6.07) is 15.1. The molecule has 1 aliphatic heterocycles. The molecule has 0 bridgehead atoms. The molecule has 3 heterocycles. The van der Waals surface area contributed by atoms with Crippen LogP contribution in [0.5, 0.6) is 5.75 Å². The second-order valence-electron chi connectivity index (χ2n) is 9.38. The van der Waals surface area contributed by atoms with Gasteiger partial charge in [0.15, 0.2) is 4.80 Å². The van der Waals surface area contributed by atoms with Gasteiger partial charge in [-0.05, 0) is 45.9 Å². The van der Waals surface area contributed by atoms with E-state index in [0.29, 0.717) is 39.4 Å². The summed E-state index contributed by atoms with van der Waals surface area (Å²) in [5.74, 6) is 0.503. The van der Waals surface area contributed by atoms with E-state index in [1.54, 1.807) is 16.6 Å². The molecule has 7 nitrogen and oxygen atoms in total. The Labute approximate surface area is 225 Å². The second kappa shape index (κ2) is 10.1. The number of hydrogen-bond donors (Lipinski definition) is 0. The highest BCUT2D eigenvalue weighted by molar-refractivity contribution is 7.07. The first-order valence-corrected chi connectivity index (χ1v) is 13.6. The number of aromatic nitrogens is 2. The zero-order chi connectivity index (χ0) is 27.1. The topological polar surface area (TPSA) is 68.8 Å². The van der Waals surface area contributed by atoms with Crippen LogP contribution in [0.25, 0.3) is 17.0 Å². The van der Waals surface area contributed by atoms with Crippen LogP contribution in [0.3, 0.4) is 0 Å². The van der Waals surface area contributed by atoms with Gasteiger partial charge in [0.1, 0.15) is 11.8 Å². The monoisotopic (exact) mass is 528 g/mol. The number of carbonyl (C=O) groups is 1. The van der Waals surface area contributed by atoms with Crippen LogP contribution in [0, 0.1) is 6.92 Å². The van der Waals surface area contributed by atoms with Gasteiger partial charge >= 0.3 is 0 Å². The number of rotatable bonds is 6. The van der Waals surface area contributed by atoms with Crippen molar-refractivity contribution in [1.82, 2.24) is 14.0 Å². The summed E-state index contributed by atoms with van der Waals surface area (Å²) >= 11 is 1.35. The number of thiazole rings is 1. The minimum absolute atomic E-state index is 0.119. The van der Waals surface area contributed by atoms with Crippen molar-refractivity contribution in [2.24, 2.45) is 12.0 Å². The van der Waals surface area contributed by atoms with Gasteiger partial charge in [-0.1, -0.05) is 47.7 Å². The maximum Gasteiger partial charge on any atom is 0.271 e. The number of ether oxygens (including phenoxy) is 1. The standard InChI is InChI=1S/C30H32N4O3S/c1-7-33(8-2)29(36)26-18(3)31-30-34(27(26)21-14-10-12-16-24(21)37-6)28(35)25(38-30)17-22-19(4)32(5)23-15-11-9-13-20(22)23/h9-17,27H,7-8H2,1-6H3/b25-17+/t27-/m0/s1. The van der Waals surface area contributed by atoms with Crippen molar-refractivity contribution in [2.75, 3.05) is 20.2 Å². The van der Waals surface area contributed by atoms with Crippen LogP contribution < -0.4 is 19.6 Å². The third-order valence-electron chi connectivity index (χ3n) is 7.46. The third-order valence-corrected chi connectivity index (χ3v) is 8.44. The molecule has 38 heavy (non-hydrogen) atoms. The van der Waals surface area contributed by atoms with E-state index in [1.165, 1.54) is 11.3 Å². The maximum absolute atomic E-state index is 14.1. The van der Waals surface area contributed by atoms with Crippen molar-refractivity contribution in [2.45, 2.75) is 33.7 Å². The first-order valence-electron chi connectivity index (χ1n) is 12.8. The number of benzene rings is 2. The first kappa shape index (κ1) is 25.7. The van der Waals surface area contributed by atoms with Crippen LogP contribution in [0.15, 0.2) is 69.6 Å². The molecule has 196 valence electrons. The number of likely N-dealkylation sites (N-methyl/N-ethyl adjacent to an activating group) is 1. The van der Waals surface area contributed by atoms with Gasteiger partial charge in [0, 0.05) is 47.9 Å². The lowest BCUT2D eigenvalue weighted by atomic mass is 9.94. The molecule has 0 fully saturated rings. The molecule has 0 radical (unpaired) electrons. The zero-order valence-corrected chi connectivity index (χ0v) is 23.4. The molecule has 1 atom stereocenters. The zero-order valence-electron chi connectivity index (χ0n) is 22.6. The average Bonchev–Trinajstić information content (AvgIpc) is 3.36. The fourth-order valence-corrected chi connectivity index (χ4v) is 6.35. The van der Waals surface area contributed by atoms with E-state index in [2.05, 4.69) is 23.6 Å². The molecule has 2 aromatic carbocycles. The van der Waals surface area contributed by atoms with Crippen molar-refractivity contribution in [1.29, 1.82) is 0 Å². The van der Waals surface area contributed by atoms with E-state index in [4.69, 9.17) is 9.73 Å². The minimum atomic E-state index is -0.647. The Balaban J connectivity index is 1.80. The lowest BCUT2D eigenvalue weighted by molar-refractivity contribution is -0.127. The van der Waals surface area contributed by atoms with Crippen LogP contribution in [0.2, 0.25) is 0 Å². The molecule has 0 saturated carbocycles. The van der Waals surface area contributed by atoms with Gasteiger partial charge in [0.25, 0.3) is 11.5 Å². The van der Waals surface area contributed by atoms with Crippen LogP contribution in [0.1, 0.15) is 43.6 Å². The molecular weight excluding hydrogens is 496 g/mol. The SMILES string of the molecule is CCN(CC)C(=O)C1=C(C)N=c2s/c(=C/c3c(C)n(C)c4ccccc34)c(=O)n2[C@H]1c1ccccc1OC. The van der Waals surface area contributed by atoms with E-state index in [9.17, 15) is 9.59 Å². The fourth-order valence-electron chi connectivity index (χ4n) is 5.33. The Morgan fingerprint density at radius 1 is 1.11 bits per heavy atom. The Hall–Kier alpha value is -3.91. The normalized spacial score (nSPS) is 15.5. The first-order chi connectivity index (χ1) is 18.3. The lowest BCUT2D eigenvalue weighted by Crippen LogP contribution is -2.43. The summed E-state index contributed by atoms with van der Waals surface area (Å²) < 4.78 is 10.1. The molecular formula is C30H32N4O3S. The van der Waals surface area contributed by atoms with Crippen LogP contribution in [-0.2, 0) is 11.8 Å². The van der Waals surface area contributed by atoms with Crippen molar-refractivity contribution < 1.29 is 9.53 Å². The highest BCUT2D eigenvalue weighted by atomic mass is 32.1. The van der Waals surface area contributed by atoms with Gasteiger partial charge in [0.05, 0.1) is 22.9 Å². The van der Waals surface area contributed by atoms with Gasteiger partial charge in [-0.3, -0.25) is 14.2 Å². The Bertz CT molecular complexity index is 1770. The minimum Gasteiger partial charge on any atom is -0.496 e. The Morgan fingerprint density at radius 3 is 2.50 bits per heavy atom. The summed E-state index contributed by atoms with van der Waals surface area (Å²) in [6.07, 6.45) is 1.96. The maximum atomic E-state index is 14.1. The van der Waals surface area contributed by atoms with Gasteiger partial charge in [-0.25, -0.2) is 4.99 Å². The van der Waals surface area contributed by atoms with Crippen molar-refractivity contribution in [3.05, 3.63) is 96.3 Å². The molecule has 1 aliphatic rings. The molecule has 8 heteroatoms. The number of aryl methyl sites for hydroxylation is 1. The van der Waals surface area contributed by atoms with E-state index >= 15 is 0 Å². The summed E-state index contributed by atoms with van der Waals surface area (Å²) in [7, 11) is 3.64. The molecule has 0 N–H and O–H groups in total. The van der Waals surface area contributed by atoms with Crippen molar-refractivity contribution in [3.63, 3.8) is 0 Å². The molecule has 0 unspecified atom stereocenters. The number of para-hydroxylation sites is 2. The molecule has 2 aromatic heterocycles. The quantitative estimate of drug-likeness (QED) is 0.381. The van der Waals surface area contributed by atoms with E-state index < -0.39 is 6.04 Å². The van der Waals surface area contributed by atoms with Crippen LogP contribution in [-0.4, -0.2) is 40.1 Å². The number of carbonyl (C=O) groups excluding carboxylic acids is 1. The highest BCUT2D eigenvalue weighted by Crippen LogP contribution is 2.36. The largest absolute Gasteiger partial charge is 0.496 e. The Morgan fingerprint density at radius 2 is 1.79 bits per heavy atom. The number of methoxy groups -OCH3 is 1. The van der Waals surface area contributed by atoms with Gasteiger partial charge in [-0.15, -0.1) is 0 Å². The average molecular weight is 529 g/mol. The van der Waals surface area contributed by atoms with E-state index in [-0.39, 0.29) is 11.5 Å². The molecule has 1 amide bonds. The third kappa shape index (κ3) is 4.00. The van der Waals surface area contributed by atoms with Gasteiger partial charge in [-0.2, -0.15) is 0 Å². The molecule has 5 rings (SSSR count). The number of fused-ring (bicyclic) bond motifs is 2. The molecule has 0 spiro atoms. The predicted octanol–water partition coefficient (Wildman–Crippen LogP) is 3.91. The number of hydrogen-bond acceptors (Lipinski definition) is 5. The lowest BCUT2D eigenvalue weighted by Gasteiger charge is -2.29. The van der Waals surface area contributed by atoms with Gasteiger partial charge < -0.3 is 14.2 Å². The highest BCUT2D eigenvalue weighted by Gasteiger charge is 2.35. The van der Waals surface area contributed by atoms with Gasteiger partial charge in [0.2, 0.25) is 0 Å². The molecule has 4 aromatic rings. The predicted molar refractivity (Wildman–Crippen MR) is 152 cm³/mol. The molecule has 0 aliphatic carbocycles. The van der Waals surface area contributed by atoms with E-state index in [0.717, 1.165) is 27.7 Å². The Kier molecular flexibility index (Phi) is 6.84. The number of nitrogens with zero attached hydrogens (tertiary/aromatic N) is 4. The van der Waals surface area contributed by atoms with Crippen molar-refractivity contribution in [3.8, 4) is 5.75 Å². The van der Waals surface area contributed by atoms with Crippen LogP contribution in [0.4, 0.5) is 0 Å². The number of amides is 1. The summed E-state index contributed by atoms with van der Waals surface area (Å²) in [5.41, 5.74) is 4.90. The summed E-state index contributed by atoms with van der Waals surface area (Å²) in [6.45, 7) is 8.95.